The van der Waals surface area contributed by atoms with Crippen molar-refractivity contribution in [3.8, 4) is 5.82 Å². The van der Waals surface area contributed by atoms with Crippen molar-refractivity contribution in [1.82, 2.24) is 14.5 Å². The molecule has 0 aliphatic carbocycles. The van der Waals surface area contributed by atoms with Gasteiger partial charge in [-0.05, 0) is 48.9 Å². The molecule has 0 atom stereocenters. The fraction of sp³-hybridized carbons (Fsp3) is 0.100. The number of fused-ring (bicyclic) bond motifs is 1. The fourth-order valence-electron chi connectivity index (χ4n) is 2.93. The summed E-state index contributed by atoms with van der Waals surface area (Å²) < 4.78 is 14.7. The summed E-state index contributed by atoms with van der Waals surface area (Å²) in [5, 5.41) is 3.20. The molecule has 2 aromatic carbocycles. The maximum atomic E-state index is 12.7. The van der Waals surface area contributed by atoms with E-state index in [-0.39, 0.29) is 0 Å². The molecule has 130 valence electrons. The van der Waals surface area contributed by atoms with Crippen molar-refractivity contribution in [3.63, 3.8) is 0 Å². The average molecular weight is 347 g/mol. The van der Waals surface area contributed by atoms with Crippen LogP contribution in [0.1, 0.15) is 11.4 Å². The molecule has 2 aromatic heterocycles. The molecule has 0 saturated carbocycles. The highest BCUT2D eigenvalue weighted by molar-refractivity contribution is 5.78. The van der Waals surface area contributed by atoms with Gasteiger partial charge in [0.1, 0.15) is 18.3 Å². The summed E-state index contributed by atoms with van der Waals surface area (Å²) in [4.78, 5) is 9.26. The van der Waals surface area contributed by atoms with Crippen LogP contribution in [0.4, 0.5) is 21.6 Å². The lowest BCUT2D eigenvalue weighted by Crippen LogP contribution is -2.05. The predicted octanol–water partition coefficient (Wildman–Crippen LogP) is 4.52. The Kier molecular flexibility index (Phi) is 4.01. The minimum absolute atomic E-state index is 0.483. The van der Waals surface area contributed by atoms with E-state index in [4.69, 9.17) is 5.73 Å². The number of imidazole rings is 1. The smallest absolute Gasteiger partial charge is 0.156 e. The minimum Gasteiger partial charge on any atom is -0.396 e. The normalized spacial score (nSPS) is 11.0. The molecule has 0 radical (unpaired) electrons. The zero-order chi connectivity index (χ0) is 18.1. The molecule has 0 spiro atoms. The maximum absolute atomic E-state index is 12.7. The van der Waals surface area contributed by atoms with Crippen LogP contribution >= 0.6 is 0 Å². The van der Waals surface area contributed by atoms with E-state index in [1.165, 1.54) is 0 Å². The number of rotatable bonds is 4. The van der Waals surface area contributed by atoms with E-state index < -0.39 is 6.67 Å². The van der Waals surface area contributed by atoms with E-state index in [1.807, 2.05) is 47.9 Å². The predicted molar refractivity (Wildman–Crippen MR) is 103 cm³/mol. The molecule has 4 rings (SSSR count). The van der Waals surface area contributed by atoms with E-state index in [0.717, 1.165) is 28.4 Å². The van der Waals surface area contributed by atoms with Gasteiger partial charge in [-0.15, -0.1) is 0 Å². The van der Waals surface area contributed by atoms with Gasteiger partial charge in [-0.2, -0.15) is 0 Å². The second-order valence-electron chi connectivity index (χ2n) is 6.05. The number of aromatic nitrogens is 3. The van der Waals surface area contributed by atoms with E-state index >= 15 is 0 Å². The maximum Gasteiger partial charge on any atom is 0.156 e. The van der Waals surface area contributed by atoms with Crippen molar-refractivity contribution in [2.75, 3.05) is 11.1 Å². The standard InChI is InChI=1S/C20H18FN5/c1-13-23-17-4-2-3-5-18(17)26(13)19-11-10-16(22)20(25-19)24-15-8-6-14(12-21)7-9-15/h2-11H,12,22H2,1H3,(H,24,25). The zero-order valence-electron chi connectivity index (χ0n) is 14.3. The summed E-state index contributed by atoms with van der Waals surface area (Å²) in [5.74, 6) is 2.13. The van der Waals surface area contributed by atoms with Crippen molar-refractivity contribution in [2.45, 2.75) is 13.6 Å². The number of nitrogen functional groups attached to an aromatic ring is 1. The third-order valence-corrected chi connectivity index (χ3v) is 4.24. The van der Waals surface area contributed by atoms with Gasteiger partial charge in [-0.1, -0.05) is 24.3 Å². The Morgan fingerprint density at radius 3 is 2.54 bits per heavy atom. The van der Waals surface area contributed by atoms with Crippen molar-refractivity contribution in [3.05, 3.63) is 72.1 Å². The Morgan fingerprint density at radius 1 is 1.00 bits per heavy atom. The third kappa shape index (κ3) is 2.86. The summed E-state index contributed by atoms with van der Waals surface area (Å²) in [7, 11) is 0. The van der Waals surface area contributed by atoms with Crippen molar-refractivity contribution in [2.24, 2.45) is 0 Å². The number of hydrogen-bond donors (Lipinski definition) is 2. The van der Waals surface area contributed by atoms with Gasteiger partial charge < -0.3 is 11.1 Å². The summed E-state index contributed by atoms with van der Waals surface area (Å²) >= 11 is 0. The molecule has 3 N–H and O–H groups in total. The Bertz CT molecular complexity index is 1070. The quantitative estimate of drug-likeness (QED) is 0.569. The zero-order valence-corrected chi connectivity index (χ0v) is 14.3. The van der Waals surface area contributed by atoms with Gasteiger partial charge in [0.2, 0.25) is 0 Å². The van der Waals surface area contributed by atoms with Gasteiger partial charge >= 0.3 is 0 Å². The van der Waals surface area contributed by atoms with E-state index in [0.29, 0.717) is 17.1 Å². The first-order chi connectivity index (χ1) is 12.7. The number of benzene rings is 2. The lowest BCUT2D eigenvalue weighted by molar-refractivity contribution is 0.485. The highest BCUT2D eigenvalue weighted by Gasteiger charge is 2.12. The van der Waals surface area contributed by atoms with Crippen LogP contribution in [0.25, 0.3) is 16.9 Å². The second-order valence-corrected chi connectivity index (χ2v) is 6.05. The summed E-state index contributed by atoms with van der Waals surface area (Å²) in [5.41, 5.74) is 9.95. The van der Waals surface area contributed by atoms with Crippen molar-refractivity contribution in [1.29, 1.82) is 0 Å². The van der Waals surface area contributed by atoms with Crippen molar-refractivity contribution >= 4 is 28.2 Å². The summed E-state index contributed by atoms with van der Waals surface area (Å²) in [6.45, 7) is 1.46. The largest absolute Gasteiger partial charge is 0.396 e. The number of nitrogens with two attached hydrogens (primary N) is 1. The number of anilines is 3. The number of halogens is 1. The van der Waals surface area contributed by atoms with Gasteiger partial charge in [0, 0.05) is 5.69 Å². The molecule has 0 bridgehead atoms. The lowest BCUT2D eigenvalue weighted by atomic mass is 10.2. The number of hydrogen-bond acceptors (Lipinski definition) is 4. The first-order valence-corrected chi connectivity index (χ1v) is 8.28. The Labute approximate surface area is 150 Å². The van der Waals surface area contributed by atoms with Crippen LogP contribution in [0.2, 0.25) is 0 Å². The molecule has 4 aromatic rings. The molecule has 0 amide bonds. The van der Waals surface area contributed by atoms with Crippen LogP contribution < -0.4 is 11.1 Å². The molecule has 6 heteroatoms. The molecular formula is C20H18FN5. The van der Waals surface area contributed by atoms with Gasteiger partial charge in [0.15, 0.2) is 5.82 Å². The van der Waals surface area contributed by atoms with E-state index in [1.54, 1.807) is 24.3 Å². The van der Waals surface area contributed by atoms with Crippen molar-refractivity contribution < 1.29 is 4.39 Å². The van der Waals surface area contributed by atoms with Crippen LogP contribution in [0, 0.1) is 6.92 Å². The summed E-state index contributed by atoms with van der Waals surface area (Å²) in [6, 6.07) is 18.7. The van der Waals surface area contributed by atoms with Gasteiger partial charge in [-0.3, -0.25) is 4.57 Å². The second kappa shape index (κ2) is 6.48. The number of aryl methyl sites for hydroxylation is 1. The molecule has 2 heterocycles. The first kappa shape index (κ1) is 16.1. The number of alkyl halides is 1. The SMILES string of the molecule is Cc1nc2ccccc2n1-c1ccc(N)c(Nc2ccc(CF)cc2)n1. The van der Waals surface area contributed by atoms with Crippen LogP contribution in [0.3, 0.4) is 0 Å². The third-order valence-electron chi connectivity index (χ3n) is 4.24. The van der Waals surface area contributed by atoms with Crippen LogP contribution in [0.15, 0.2) is 60.7 Å². The molecule has 0 aliphatic rings. The number of pyridine rings is 1. The van der Waals surface area contributed by atoms with Gasteiger partial charge in [0.05, 0.1) is 16.7 Å². The highest BCUT2D eigenvalue weighted by Crippen LogP contribution is 2.26. The Balaban J connectivity index is 1.74. The number of para-hydroxylation sites is 2. The van der Waals surface area contributed by atoms with Gasteiger partial charge in [0.25, 0.3) is 0 Å². The van der Waals surface area contributed by atoms with Gasteiger partial charge in [-0.25, -0.2) is 14.4 Å². The monoisotopic (exact) mass is 347 g/mol. The molecule has 5 nitrogen and oxygen atoms in total. The minimum atomic E-state index is -0.483. The fourth-order valence-corrected chi connectivity index (χ4v) is 2.93. The van der Waals surface area contributed by atoms with Crippen LogP contribution in [0.5, 0.6) is 0 Å². The number of nitrogens with one attached hydrogen (secondary N) is 1. The molecule has 0 aliphatic heterocycles. The topological polar surface area (TPSA) is 68.8 Å². The molecule has 0 unspecified atom stereocenters. The van der Waals surface area contributed by atoms with Crippen LogP contribution in [-0.4, -0.2) is 14.5 Å². The Morgan fingerprint density at radius 2 is 1.77 bits per heavy atom. The molecule has 0 saturated heterocycles. The number of nitrogens with zero attached hydrogens (tertiary/aromatic N) is 3. The highest BCUT2D eigenvalue weighted by atomic mass is 19.1. The first-order valence-electron chi connectivity index (χ1n) is 8.28. The van der Waals surface area contributed by atoms with Crippen LogP contribution in [-0.2, 0) is 6.67 Å². The molecule has 26 heavy (non-hydrogen) atoms. The molecular weight excluding hydrogens is 329 g/mol. The average Bonchev–Trinajstić information content (AvgIpc) is 3.00. The molecule has 0 fully saturated rings. The van der Waals surface area contributed by atoms with E-state index in [9.17, 15) is 4.39 Å². The summed E-state index contributed by atoms with van der Waals surface area (Å²) in [6.07, 6.45) is 0. The lowest BCUT2D eigenvalue weighted by Gasteiger charge is -2.12. The van der Waals surface area contributed by atoms with E-state index in [2.05, 4.69) is 15.3 Å². The Hall–Kier alpha value is -3.41.